The summed E-state index contributed by atoms with van der Waals surface area (Å²) in [6.07, 6.45) is 0.455. The number of aromatic nitrogens is 4. The number of aryl methyl sites for hydroxylation is 3. The zero-order valence-corrected chi connectivity index (χ0v) is 21.5. The van der Waals surface area contributed by atoms with Gasteiger partial charge in [0.2, 0.25) is 5.91 Å². The van der Waals surface area contributed by atoms with Gasteiger partial charge < -0.3 is 15.4 Å². The third kappa shape index (κ3) is 6.01. The molecule has 36 heavy (non-hydrogen) atoms. The molecule has 0 atom stereocenters. The zero-order chi connectivity index (χ0) is 25.7. The van der Waals surface area contributed by atoms with Crippen molar-refractivity contribution in [3.05, 3.63) is 76.6 Å². The predicted octanol–water partition coefficient (Wildman–Crippen LogP) is 3.76. The van der Waals surface area contributed by atoms with Crippen LogP contribution in [0.3, 0.4) is 0 Å². The van der Waals surface area contributed by atoms with Gasteiger partial charge in [0, 0.05) is 24.2 Å². The molecule has 0 fully saturated rings. The Morgan fingerprint density at radius 3 is 2.42 bits per heavy atom. The highest BCUT2D eigenvalue weighted by molar-refractivity contribution is 7.99. The molecule has 0 unspecified atom stereocenters. The largest absolute Gasteiger partial charge is 0.497 e. The molecule has 0 aliphatic heterocycles. The Morgan fingerprint density at radius 2 is 1.72 bits per heavy atom. The lowest BCUT2D eigenvalue weighted by Crippen LogP contribution is -2.26. The van der Waals surface area contributed by atoms with E-state index in [1.807, 2.05) is 32.9 Å². The molecule has 0 aliphatic carbocycles. The Balaban J connectivity index is 1.34. The number of carbonyl (C=O) groups is 2. The smallest absolute Gasteiger partial charge is 0.251 e. The second-order valence-electron chi connectivity index (χ2n) is 8.40. The number of nitrogens with zero attached hydrogens (tertiary/aromatic N) is 4. The lowest BCUT2D eigenvalue weighted by atomic mass is 10.1. The quantitative estimate of drug-likeness (QED) is 0.334. The molecule has 0 aliphatic rings. The van der Waals surface area contributed by atoms with E-state index in [2.05, 4.69) is 38.1 Å². The summed E-state index contributed by atoms with van der Waals surface area (Å²) in [6, 6.07) is 14.7. The van der Waals surface area contributed by atoms with Gasteiger partial charge in [-0.05, 0) is 68.3 Å². The number of amides is 2. The molecule has 2 N–H and O–H groups in total. The van der Waals surface area contributed by atoms with Gasteiger partial charge in [-0.3, -0.25) is 9.59 Å². The first-order valence-electron chi connectivity index (χ1n) is 11.5. The van der Waals surface area contributed by atoms with Gasteiger partial charge in [0.1, 0.15) is 10.8 Å². The van der Waals surface area contributed by atoms with Crippen LogP contribution in [0.25, 0.3) is 5.65 Å². The molecule has 0 spiro atoms. The number of benzene rings is 2. The third-order valence-electron chi connectivity index (χ3n) is 5.58. The number of carbonyl (C=O) groups excluding carboxylic acids is 2. The summed E-state index contributed by atoms with van der Waals surface area (Å²) in [7, 11) is 1.58. The van der Waals surface area contributed by atoms with Crippen molar-refractivity contribution in [1.82, 2.24) is 25.1 Å². The number of hydrogen-bond donors (Lipinski definition) is 2. The van der Waals surface area contributed by atoms with Crippen LogP contribution in [0.15, 0.2) is 53.6 Å². The molecule has 4 rings (SSSR count). The van der Waals surface area contributed by atoms with Crippen LogP contribution in [0, 0.1) is 20.8 Å². The number of anilines is 1. The maximum Gasteiger partial charge on any atom is 0.251 e. The lowest BCUT2D eigenvalue weighted by molar-refractivity contribution is -0.113. The van der Waals surface area contributed by atoms with Gasteiger partial charge in [0.15, 0.2) is 11.5 Å². The summed E-state index contributed by atoms with van der Waals surface area (Å²) in [5, 5.41) is 19.5. The molecule has 0 saturated carbocycles. The van der Waals surface area contributed by atoms with Gasteiger partial charge in [-0.1, -0.05) is 29.5 Å². The number of fused-ring (bicyclic) bond motifs is 1. The number of methoxy groups -OCH3 is 1. The first kappa shape index (κ1) is 25.2. The van der Waals surface area contributed by atoms with Gasteiger partial charge in [-0.15, -0.1) is 10.2 Å². The molecule has 4 aromatic rings. The normalized spacial score (nSPS) is 10.9. The number of thioether (sulfide) groups is 1. The van der Waals surface area contributed by atoms with Crippen LogP contribution in [-0.2, 0) is 11.2 Å². The second kappa shape index (κ2) is 11.2. The van der Waals surface area contributed by atoms with E-state index in [0.717, 1.165) is 16.8 Å². The molecule has 2 heterocycles. The Kier molecular flexibility index (Phi) is 7.84. The predicted molar refractivity (Wildman–Crippen MR) is 140 cm³/mol. The summed E-state index contributed by atoms with van der Waals surface area (Å²) in [4.78, 5) is 25.0. The summed E-state index contributed by atoms with van der Waals surface area (Å²) in [5.41, 5.74) is 5.25. The molecule has 0 saturated heterocycles. The van der Waals surface area contributed by atoms with Crippen molar-refractivity contribution in [3.63, 3.8) is 0 Å². The molecular weight excluding hydrogens is 476 g/mol. The Bertz CT molecular complexity index is 1380. The van der Waals surface area contributed by atoms with Crippen molar-refractivity contribution in [2.45, 2.75) is 32.2 Å². The first-order valence-corrected chi connectivity index (χ1v) is 12.5. The van der Waals surface area contributed by atoms with Crippen LogP contribution in [0.4, 0.5) is 5.69 Å². The summed E-state index contributed by atoms with van der Waals surface area (Å²) >= 11 is 1.34. The summed E-state index contributed by atoms with van der Waals surface area (Å²) in [5.74, 6) is 1.26. The molecule has 9 nitrogen and oxygen atoms in total. The van der Waals surface area contributed by atoms with Gasteiger partial charge in [0.05, 0.1) is 12.9 Å². The van der Waals surface area contributed by atoms with E-state index in [1.165, 1.54) is 17.3 Å². The monoisotopic (exact) mass is 504 g/mol. The minimum absolute atomic E-state index is 0.0952. The van der Waals surface area contributed by atoms with Crippen molar-refractivity contribution in [1.29, 1.82) is 0 Å². The Hall–Kier alpha value is -3.92. The van der Waals surface area contributed by atoms with Crippen LogP contribution < -0.4 is 15.4 Å². The van der Waals surface area contributed by atoms with E-state index < -0.39 is 0 Å². The fourth-order valence-corrected chi connectivity index (χ4v) is 4.53. The highest BCUT2D eigenvalue weighted by Crippen LogP contribution is 2.23. The van der Waals surface area contributed by atoms with Crippen molar-refractivity contribution in [3.8, 4) is 5.75 Å². The van der Waals surface area contributed by atoms with Gasteiger partial charge >= 0.3 is 0 Å². The van der Waals surface area contributed by atoms with E-state index in [0.29, 0.717) is 40.8 Å². The molecule has 186 valence electrons. The highest BCUT2D eigenvalue weighted by Gasteiger charge is 2.12. The molecular formula is C26H28N6O3S. The maximum absolute atomic E-state index is 12.6. The number of nitrogens with one attached hydrogen (secondary N) is 2. The SMILES string of the molecule is COc1ccc(C(=O)NCCc2nnc3ccc(SCC(=O)Nc4c(C)cc(C)cc4C)nn23)cc1. The minimum Gasteiger partial charge on any atom is -0.497 e. The maximum atomic E-state index is 12.6. The van der Waals surface area contributed by atoms with Crippen LogP contribution in [-0.4, -0.2) is 51.0 Å². The molecule has 2 aromatic carbocycles. The second-order valence-corrected chi connectivity index (χ2v) is 9.40. The van der Waals surface area contributed by atoms with E-state index >= 15 is 0 Å². The summed E-state index contributed by atoms with van der Waals surface area (Å²) in [6.45, 7) is 6.40. The number of hydrogen-bond acceptors (Lipinski definition) is 7. The van der Waals surface area contributed by atoms with Crippen molar-refractivity contribution in [2.75, 3.05) is 24.7 Å². The number of rotatable bonds is 9. The van der Waals surface area contributed by atoms with Gasteiger partial charge in [0.25, 0.3) is 5.91 Å². The summed E-state index contributed by atoms with van der Waals surface area (Å²) < 4.78 is 6.77. The average Bonchev–Trinajstić information content (AvgIpc) is 3.27. The van der Waals surface area contributed by atoms with E-state index in [4.69, 9.17) is 4.74 Å². The third-order valence-corrected chi connectivity index (χ3v) is 6.50. The lowest BCUT2D eigenvalue weighted by Gasteiger charge is -2.12. The van der Waals surface area contributed by atoms with Gasteiger partial charge in [-0.25, -0.2) is 0 Å². The van der Waals surface area contributed by atoms with Gasteiger partial charge in [-0.2, -0.15) is 9.61 Å². The van der Waals surface area contributed by atoms with Crippen LogP contribution in [0.1, 0.15) is 32.9 Å². The zero-order valence-electron chi connectivity index (χ0n) is 20.7. The molecule has 2 amide bonds. The van der Waals surface area contributed by atoms with Crippen molar-refractivity contribution < 1.29 is 14.3 Å². The molecule has 10 heteroatoms. The fraction of sp³-hybridized carbons (Fsp3) is 0.269. The average molecular weight is 505 g/mol. The Morgan fingerprint density at radius 1 is 1.00 bits per heavy atom. The van der Waals surface area contributed by atoms with E-state index in [1.54, 1.807) is 35.9 Å². The van der Waals surface area contributed by atoms with Crippen LogP contribution in [0.5, 0.6) is 5.75 Å². The standard InChI is InChI=1S/C26H28N6O3S/c1-16-13-17(2)25(18(3)14-16)28-23(33)15-36-24-10-9-21-29-30-22(32(21)31-24)11-12-27-26(34)19-5-7-20(35-4)8-6-19/h5-10,13-14H,11-12,15H2,1-4H3,(H,27,34)(H,28,33). The van der Waals surface area contributed by atoms with E-state index in [9.17, 15) is 9.59 Å². The van der Waals surface area contributed by atoms with Crippen LogP contribution >= 0.6 is 11.8 Å². The molecule has 2 aromatic heterocycles. The van der Waals surface area contributed by atoms with Crippen LogP contribution in [0.2, 0.25) is 0 Å². The molecule has 0 bridgehead atoms. The Labute approximate surface area is 213 Å². The number of ether oxygens (including phenoxy) is 1. The van der Waals surface area contributed by atoms with E-state index in [-0.39, 0.29) is 17.6 Å². The topological polar surface area (TPSA) is 111 Å². The highest BCUT2D eigenvalue weighted by atomic mass is 32.2. The van der Waals surface area contributed by atoms with Crippen molar-refractivity contribution in [2.24, 2.45) is 0 Å². The molecule has 0 radical (unpaired) electrons. The minimum atomic E-state index is -0.180. The fourth-order valence-electron chi connectivity index (χ4n) is 3.87. The first-order chi connectivity index (χ1) is 17.3. The van der Waals surface area contributed by atoms with Crippen molar-refractivity contribution >= 4 is 34.9 Å².